The van der Waals surface area contributed by atoms with Gasteiger partial charge in [-0.1, -0.05) is 29.5 Å². The van der Waals surface area contributed by atoms with Gasteiger partial charge in [-0.05, 0) is 35.4 Å². The number of aromatic hydroxyl groups is 1. The van der Waals surface area contributed by atoms with Crippen molar-refractivity contribution >= 4 is 33.3 Å². The molecule has 3 aromatic rings. The van der Waals surface area contributed by atoms with Gasteiger partial charge in [0.2, 0.25) is 4.74 Å². The zero-order valence-electron chi connectivity index (χ0n) is 14.2. The van der Waals surface area contributed by atoms with Crippen LogP contribution in [0.2, 0.25) is 0 Å². The van der Waals surface area contributed by atoms with Crippen molar-refractivity contribution in [2.75, 3.05) is 13.7 Å². The van der Waals surface area contributed by atoms with Gasteiger partial charge in [-0.15, -0.1) is 0 Å². The van der Waals surface area contributed by atoms with E-state index in [0.29, 0.717) is 15.8 Å². The molecule has 0 atom stereocenters. The maximum atomic E-state index is 12.3. The van der Waals surface area contributed by atoms with Crippen LogP contribution in [0.25, 0.3) is 21.2 Å². The summed E-state index contributed by atoms with van der Waals surface area (Å²) in [6.07, 6.45) is 0. The van der Waals surface area contributed by atoms with E-state index in [-0.39, 0.29) is 0 Å². The predicted octanol–water partition coefficient (Wildman–Crippen LogP) is 2.46. The number of carboxylic acids is 1. The van der Waals surface area contributed by atoms with Crippen molar-refractivity contribution in [1.29, 1.82) is 0 Å². The SMILES string of the molecule is COc1cccc(-c2ccc3c(O)c(C(=O)NCC(=O)O)c(=O)sc3c2)c1. The van der Waals surface area contributed by atoms with E-state index in [1.54, 1.807) is 25.3 Å². The fourth-order valence-corrected chi connectivity index (χ4v) is 3.56. The zero-order valence-corrected chi connectivity index (χ0v) is 15.0. The number of amides is 1. The fraction of sp³-hybridized carbons (Fsp3) is 0.105. The van der Waals surface area contributed by atoms with Gasteiger partial charge in [0.15, 0.2) is 0 Å². The van der Waals surface area contributed by atoms with E-state index in [1.807, 2.05) is 24.3 Å². The molecule has 0 spiro atoms. The lowest BCUT2D eigenvalue weighted by atomic mass is 10.0. The molecule has 0 aliphatic heterocycles. The van der Waals surface area contributed by atoms with Crippen LogP contribution in [0.5, 0.6) is 11.5 Å². The number of methoxy groups -OCH3 is 1. The average molecular weight is 385 g/mol. The number of benzene rings is 2. The number of fused-ring (bicyclic) bond motifs is 1. The maximum Gasteiger partial charge on any atom is 0.322 e. The second-order valence-electron chi connectivity index (χ2n) is 5.63. The van der Waals surface area contributed by atoms with Crippen LogP contribution in [0.15, 0.2) is 47.3 Å². The molecule has 138 valence electrons. The Labute approximate surface area is 157 Å². The Hall–Kier alpha value is -3.39. The summed E-state index contributed by atoms with van der Waals surface area (Å²) in [6, 6.07) is 12.5. The largest absolute Gasteiger partial charge is 0.506 e. The highest BCUT2D eigenvalue weighted by Gasteiger charge is 2.20. The van der Waals surface area contributed by atoms with E-state index >= 15 is 0 Å². The van der Waals surface area contributed by atoms with Gasteiger partial charge >= 0.3 is 5.97 Å². The number of nitrogens with one attached hydrogen (secondary N) is 1. The average Bonchev–Trinajstić information content (AvgIpc) is 2.66. The number of rotatable bonds is 5. The van der Waals surface area contributed by atoms with Crippen LogP contribution in [-0.2, 0) is 4.79 Å². The van der Waals surface area contributed by atoms with Gasteiger partial charge in [0.05, 0.1) is 7.11 Å². The quantitative estimate of drug-likeness (QED) is 0.622. The number of carboxylic acid groups (broad SMARTS) is 1. The first-order valence-electron chi connectivity index (χ1n) is 7.85. The number of aliphatic carboxylic acids is 1. The summed E-state index contributed by atoms with van der Waals surface area (Å²) in [5, 5.41) is 21.5. The zero-order chi connectivity index (χ0) is 19.6. The van der Waals surface area contributed by atoms with Crippen molar-refractivity contribution in [2.45, 2.75) is 0 Å². The first kappa shape index (κ1) is 18.4. The Kier molecular flexibility index (Phi) is 5.09. The monoisotopic (exact) mass is 385 g/mol. The minimum absolute atomic E-state index is 0.340. The molecule has 0 saturated heterocycles. The fourth-order valence-electron chi connectivity index (χ4n) is 2.61. The summed E-state index contributed by atoms with van der Waals surface area (Å²) in [4.78, 5) is 34.9. The lowest BCUT2D eigenvalue weighted by molar-refractivity contribution is -0.135. The maximum absolute atomic E-state index is 12.3. The van der Waals surface area contributed by atoms with Crippen molar-refractivity contribution in [2.24, 2.45) is 0 Å². The van der Waals surface area contributed by atoms with Crippen LogP contribution < -0.4 is 14.8 Å². The highest BCUT2D eigenvalue weighted by Crippen LogP contribution is 2.33. The molecule has 27 heavy (non-hydrogen) atoms. The van der Waals surface area contributed by atoms with E-state index in [1.165, 1.54) is 0 Å². The highest BCUT2D eigenvalue weighted by molar-refractivity contribution is 7.16. The van der Waals surface area contributed by atoms with Crippen LogP contribution in [0.1, 0.15) is 10.4 Å². The molecule has 8 heteroatoms. The van der Waals surface area contributed by atoms with E-state index in [9.17, 15) is 19.5 Å². The number of carbonyl (C=O) groups is 2. The van der Waals surface area contributed by atoms with Gasteiger partial charge < -0.3 is 20.3 Å². The lowest BCUT2D eigenvalue weighted by Gasteiger charge is -2.09. The molecule has 1 aromatic heterocycles. The summed E-state index contributed by atoms with van der Waals surface area (Å²) >= 11 is 0.809. The summed E-state index contributed by atoms with van der Waals surface area (Å²) in [6.45, 7) is -0.644. The Morgan fingerprint density at radius 2 is 1.89 bits per heavy atom. The Balaban J connectivity index is 2.06. The van der Waals surface area contributed by atoms with Crippen molar-refractivity contribution in [3.05, 3.63) is 57.6 Å². The van der Waals surface area contributed by atoms with Gasteiger partial charge in [0.25, 0.3) is 5.91 Å². The van der Waals surface area contributed by atoms with Crippen molar-refractivity contribution in [3.63, 3.8) is 0 Å². The molecule has 1 heterocycles. The molecule has 0 unspecified atom stereocenters. The molecular weight excluding hydrogens is 370 g/mol. The summed E-state index contributed by atoms with van der Waals surface area (Å²) < 4.78 is 5.07. The predicted molar refractivity (Wildman–Crippen MR) is 102 cm³/mol. The number of ether oxygens (including phenoxy) is 1. The van der Waals surface area contributed by atoms with Gasteiger partial charge in [0, 0.05) is 10.1 Å². The molecule has 0 fully saturated rings. The van der Waals surface area contributed by atoms with Gasteiger partial charge in [-0.25, -0.2) is 0 Å². The molecule has 0 saturated carbocycles. The smallest absolute Gasteiger partial charge is 0.322 e. The van der Waals surface area contributed by atoms with Gasteiger partial charge in [0.1, 0.15) is 23.6 Å². The van der Waals surface area contributed by atoms with E-state index < -0.39 is 34.5 Å². The Bertz CT molecular complexity index is 1110. The molecule has 0 aliphatic rings. The normalized spacial score (nSPS) is 10.6. The third kappa shape index (κ3) is 3.75. The van der Waals surface area contributed by atoms with E-state index in [0.717, 1.165) is 22.5 Å². The topological polar surface area (TPSA) is 113 Å². The summed E-state index contributed by atoms with van der Waals surface area (Å²) in [5.74, 6) is -1.94. The van der Waals surface area contributed by atoms with Gasteiger partial charge in [-0.2, -0.15) is 0 Å². The van der Waals surface area contributed by atoms with Crippen LogP contribution >= 0.6 is 11.3 Å². The molecule has 2 aromatic carbocycles. The van der Waals surface area contributed by atoms with E-state index in [4.69, 9.17) is 9.84 Å². The summed E-state index contributed by atoms with van der Waals surface area (Å²) in [7, 11) is 1.57. The van der Waals surface area contributed by atoms with Crippen molar-refractivity contribution < 1.29 is 24.5 Å². The molecule has 7 nitrogen and oxygen atoms in total. The third-order valence-electron chi connectivity index (χ3n) is 3.91. The Morgan fingerprint density at radius 1 is 1.15 bits per heavy atom. The first-order chi connectivity index (χ1) is 12.9. The minimum Gasteiger partial charge on any atom is -0.506 e. The molecule has 0 radical (unpaired) electrons. The van der Waals surface area contributed by atoms with Crippen LogP contribution in [0.4, 0.5) is 0 Å². The molecule has 1 amide bonds. The third-order valence-corrected chi connectivity index (χ3v) is 4.86. The van der Waals surface area contributed by atoms with Crippen LogP contribution in [-0.4, -0.2) is 35.7 Å². The molecular formula is C19H15NO6S. The molecule has 3 N–H and O–H groups in total. The molecule has 0 bridgehead atoms. The number of carbonyl (C=O) groups excluding carboxylic acids is 1. The van der Waals surface area contributed by atoms with Crippen LogP contribution in [0, 0.1) is 0 Å². The summed E-state index contributed by atoms with van der Waals surface area (Å²) in [5.41, 5.74) is 1.24. The van der Waals surface area contributed by atoms with Gasteiger partial charge in [-0.3, -0.25) is 14.4 Å². The first-order valence-corrected chi connectivity index (χ1v) is 8.66. The number of hydrogen-bond donors (Lipinski definition) is 3. The lowest BCUT2D eigenvalue weighted by Crippen LogP contribution is -2.32. The number of hydrogen-bond acceptors (Lipinski definition) is 6. The Morgan fingerprint density at radius 3 is 2.59 bits per heavy atom. The molecule has 3 rings (SSSR count). The standard InChI is InChI=1S/C19H15NO6S/c1-26-12-4-2-3-10(7-12)11-5-6-13-14(8-11)27-19(25)16(17(13)23)18(24)20-9-15(21)22/h2-8,23H,9H2,1H3,(H,20,24)(H,21,22). The minimum atomic E-state index is -1.25. The second kappa shape index (κ2) is 7.46. The van der Waals surface area contributed by atoms with Crippen LogP contribution in [0.3, 0.4) is 0 Å². The van der Waals surface area contributed by atoms with Crippen molar-refractivity contribution in [1.82, 2.24) is 5.32 Å². The highest BCUT2D eigenvalue weighted by atomic mass is 32.1. The molecule has 0 aliphatic carbocycles. The second-order valence-corrected chi connectivity index (χ2v) is 6.65. The van der Waals surface area contributed by atoms with Crippen molar-refractivity contribution in [3.8, 4) is 22.6 Å². The van der Waals surface area contributed by atoms with E-state index in [2.05, 4.69) is 5.32 Å².